The number of pyridine rings is 1. The minimum atomic E-state index is -2.42. The van der Waals surface area contributed by atoms with E-state index in [1.165, 1.54) is 36.5 Å². The maximum atomic E-state index is 13.1. The van der Waals surface area contributed by atoms with Crippen LogP contribution in [0.25, 0.3) is 10.9 Å². The Kier molecular flexibility index (Phi) is 4.87. The Morgan fingerprint density at radius 1 is 1.07 bits per heavy atom. The maximum absolute atomic E-state index is 13.1. The van der Waals surface area contributed by atoms with E-state index in [0.717, 1.165) is 4.90 Å². The third-order valence-corrected chi connectivity index (χ3v) is 4.85. The lowest BCUT2D eigenvalue weighted by atomic mass is 10.0. The molecule has 0 saturated heterocycles. The predicted molar refractivity (Wildman–Crippen MR) is 101 cm³/mol. The summed E-state index contributed by atoms with van der Waals surface area (Å²) in [6, 6.07) is 8.40. The number of aromatic hydroxyl groups is 1. The van der Waals surface area contributed by atoms with Crippen LogP contribution in [-0.4, -0.2) is 42.9 Å². The number of phenols is 1. The quantitative estimate of drug-likeness (QED) is 0.432. The number of fused-ring (bicyclic) bond motifs is 2. The highest BCUT2D eigenvalue weighted by Crippen LogP contribution is 2.44. The van der Waals surface area contributed by atoms with Gasteiger partial charge in [-0.15, -0.1) is 0 Å². The minimum absolute atomic E-state index is 0.0474. The van der Waals surface area contributed by atoms with Crippen molar-refractivity contribution in [3.8, 4) is 11.5 Å². The molecule has 8 nitrogen and oxygen atoms in total. The fourth-order valence-corrected chi connectivity index (χ4v) is 3.47. The summed E-state index contributed by atoms with van der Waals surface area (Å²) in [4.78, 5) is 49.4. The number of rotatable bonds is 5. The number of carbonyl (C=O) groups is 2. The van der Waals surface area contributed by atoms with Gasteiger partial charge in [-0.1, -0.05) is 12.1 Å². The second kappa shape index (κ2) is 7.36. The van der Waals surface area contributed by atoms with Crippen molar-refractivity contribution in [1.29, 1.82) is 0 Å². The van der Waals surface area contributed by atoms with Crippen molar-refractivity contribution in [2.24, 2.45) is 0 Å². The first-order chi connectivity index (χ1) is 13.9. The summed E-state index contributed by atoms with van der Waals surface area (Å²) in [7, 11) is -2.42. The molecule has 1 aromatic heterocycles. The Hall–Kier alpha value is -3.13. The number of hydrogen-bond donors (Lipinski definition) is 3. The second-order valence-electron chi connectivity index (χ2n) is 6.30. The highest BCUT2D eigenvalue weighted by Gasteiger charge is 2.42. The van der Waals surface area contributed by atoms with E-state index in [4.69, 9.17) is 4.74 Å². The van der Waals surface area contributed by atoms with Gasteiger partial charge in [0.1, 0.15) is 22.6 Å². The monoisotopic (exact) mass is 416 g/mol. The number of carbonyl (C=O) groups excluding carboxylic acids is 2. The molecular weight excluding hydrogens is 402 g/mol. The fraction of sp³-hybridized carbons (Fsp3) is 0.105. The van der Waals surface area contributed by atoms with Crippen molar-refractivity contribution in [1.82, 2.24) is 9.88 Å². The van der Waals surface area contributed by atoms with Crippen LogP contribution in [0.5, 0.6) is 11.5 Å². The largest absolute Gasteiger partial charge is 0.505 e. The molecule has 0 atom stereocenters. The Balaban J connectivity index is 1.84. The van der Waals surface area contributed by atoms with Crippen LogP contribution in [0.15, 0.2) is 42.6 Å². The van der Waals surface area contributed by atoms with E-state index in [9.17, 15) is 28.9 Å². The average molecular weight is 416 g/mol. The smallest absolute Gasteiger partial charge is 0.265 e. The normalized spacial score (nSPS) is 13.4. The molecule has 0 saturated carbocycles. The predicted octanol–water partition coefficient (Wildman–Crippen LogP) is 2.51. The third kappa shape index (κ3) is 3.29. The number of halogens is 1. The number of nitrogens with zero attached hydrogens (tertiary/aromatic N) is 2. The van der Waals surface area contributed by atoms with Gasteiger partial charge in [0.25, 0.3) is 11.8 Å². The number of aromatic nitrogens is 1. The summed E-state index contributed by atoms with van der Waals surface area (Å²) >= 11 is 0. The van der Waals surface area contributed by atoms with Gasteiger partial charge < -0.3 is 19.6 Å². The lowest BCUT2D eigenvalue weighted by molar-refractivity contribution is 0.0640. The van der Waals surface area contributed by atoms with Gasteiger partial charge in [-0.3, -0.25) is 19.5 Å². The molecule has 0 radical (unpaired) electrons. The zero-order valence-corrected chi connectivity index (χ0v) is 15.6. The zero-order valence-electron chi connectivity index (χ0n) is 14.7. The molecule has 3 aromatic rings. The van der Waals surface area contributed by atoms with Gasteiger partial charge in [0.15, 0.2) is 12.1 Å². The summed E-state index contributed by atoms with van der Waals surface area (Å²) in [6.45, 7) is -0.137. The van der Waals surface area contributed by atoms with Crippen molar-refractivity contribution in [3.05, 3.63) is 65.1 Å². The molecule has 1 aliphatic heterocycles. The summed E-state index contributed by atoms with van der Waals surface area (Å²) in [5.74, 6) is -2.44. The van der Waals surface area contributed by atoms with Crippen LogP contribution < -0.4 is 4.74 Å². The zero-order chi connectivity index (χ0) is 20.7. The molecule has 0 spiro atoms. The van der Waals surface area contributed by atoms with E-state index in [1.807, 2.05) is 0 Å². The van der Waals surface area contributed by atoms with Crippen molar-refractivity contribution in [2.45, 2.75) is 6.54 Å². The molecule has 2 heterocycles. The Labute approximate surface area is 164 Å². The van der Waals surface area contributed by atoms with E-state index in [0.29, 0.717) is 5.56 Å². The third-order valence-electron chi connectivity index (χ3n) is 4.49. The minimum Gasteiger partial charge on any atom is -0.505 e. The molecule has 0 fully saturated rings. The first kappa shape index (κ1) is 19.2. The van der Waals surface area contributed by atoms with Gasteiger partial charge >= 0.3 is 0 Å². The standard InChI is InChI=1S/C19H14FN2O6P/c20-11-5-3-10(4-6-11)8-22-18(24)13-14(19(22)25)17(28-9-29(26)27)12-2-1-7-21-15(12)16(13)23/h1-7,23,26-27H,8-9H2. The Morgan fingerprint density at radius 3 is 2.45 bits per heavy atom. The number of imide groups is 1. The van der Waals surface area contributed by atoms with Crippen LogP contribution in [0.4, 0.5) is 4.39 Å². The Morgan fingerprint density at radius 2 is 1.76 bits per heavy atom. The number of phenolic OH excluding ortho intramolecular Hbond substituents is 1. The number of benzene rings is 2. The molecule has 10 heteroatoms. The number of hydrogen-bond acceptors (Lipinski definition) is 7. The number of ether oxygens (including phenoxy) is 1. The van der Waals surface area contributed by atoms with Crippen molar-refractivity contribution in [3.63, 3.8) is 0 Å². The van der Waals surface area contributed by atoms with Crippen molar-refractivity contribution < 1.29 is 33.6 Å². The molecule has 3 N–H and O–H groups in total. The van der Waals surface area contributed by atoms with Crippen LogP contribution >= 0.6 is 8.38 Å². The van der Waals surface area contributed by atoms with E-state index in [-0.39, 0.29) is 34.3 Å². The lowest BCUT2D eigenvalue weighted by Crippen LogP contribution is -2.29. The molecule has 29 heavy (non-hydrogen) atoms. The lowest BCUT2D eigenvalue weighted by Gasteiger charge is -2.15. The first-order valence-electron chi connectivity index (χ1n) is 8.41. The van der Waals surface area contributed by atoms with Crippen molar-refractivity contribution in [2.75, 3.05) is 6.35 Å². The SMILES string of the molecule is O=C1c2c(c(O)c3ncccc3c2OCP(O)O)C(=O)N1Cc1ccc(F)cc1. The summed E-state index contributed by atoms with van der Waals surface area (Å²) in [5.41, 5.74) is 0.122. The van der Waals surface area contributed by atoms with Crippen LogP contribution in [0, 0.1) is 5.82 Å². The second-order valence-corrected chi connectivity index (χ2v) is 7.30. The van der Waals surface area contributed by atoms with E-state index in [2.05, 4.69) is 4.98 Å². The van der Waals surface area contributed by atoms with Gasteiger partial charge in [0, 0.05) is 11.6 Å². The first-order valence-corrected chi connectivity index (χ1v) is 9.84. The molecule has 4 rings (SSSR count). The van der Waals surface area contributed by atoms with E-state index in [1.54, 1.807) is 6.07 Å². The van der Waals surface area contributed by atoms with E-state index < -0.39 is 38.1 Å². The fourth-order valence-electron chi connectivity index (χ4n) is 3.22. The van der Waals surface area contributed by atoms with Crippen LogP contribution in [0.1, 0.15) is 26.3 Å². The van der Waals surface area contributed by atoms with Gasteiger partial charge in [0.05, 0.1) is 12.1 Å². The highest BCUT2D eigenvalue weighted by atomic mass is 31.2. The summed E-state index contributed by atoms with van der Waals surface area (Å²) in [5, 5.41) is 10.9. The van der Waals surface area contributed by atoms with Crippen LogP contribution in [0.2, 0.25) is 0 Å². The van der Waals surface area contributed by atoms with Crippen molar-refractivity contribution >= 4 is 31.1 Å². The average Bonchev–Trinajstić information content (AvgIpc) is 2.94. The van der Waals surface area contributed by atoms with Crippen LogP contribution in [-0.2, 0) is 6.54 Å². The molecule has 0 aliphatic carbocycles. The van der Waals surface area contributed by atoms with Gasteiger partial charge in [-0.2, -0.15) is 0 Å². The number of amides is 2. The molecule has 0 bridgehead atoms. The summed E-state index contributed by atoms with van der Waals surface area (Å²) in [6.07, 6.45) is 0.913. The molecule has 0 unspecified atom stereocenters. The van der Waals surface area contributed by atoms with Crippen LogP contribution in [0.3, 0.4) is 0 Å². The summed E-state index contributed by atoms with van der Waals surface area (Å²) < 4.78 is 18.6. The maximum Gasteiger partial charge on any atom is 0.265 e. The van der Waals surface area contributed by atoms with Gasteiger partial charge in [-0.05, 0) is 29.8 Å². The highest BCUT2D eigenvalue weighted by molar-refractivity contribution is 7.44. The van der Waals surface area contributed by atoms with E-state index >= 15 is 0 Å². The topological polar surface area (TPSA) is 120 Å². The molecular formula is C19H14FN2O6P. The molecule has 148 valence electrons. The Bertz CT molecular complexity index is 1140. The van der Waals surface area contributed by atoms with Gasteiger partial charge in [0.2, 0.25) is 8.38 Å². The molecule has 1 aliphatic rings. The van der Waals surface area contributed by atoms with Gasteiger partial charge in [-0.25, -0.2) is 4.39 Å². The molecule has 2 aromatic carbocycles. The molecule has 2 amide bonds.